The predicted molar refractivity (Wildman–Crippen MR) is 107 cm³/mol. The summed E-state index contributed by atoms with van der Waals surface area (Å²) in [6, 6.07) is 0. The molecule has 0 aromatic carbocycles. The lowest BCUT2D eigenvalue weighted by molar-refractivity contribution is -0.119. The first-order valence-electron chi connectivity index (χ1n) is 8.50. The molecule has 1 aliphatic heterocycles. The molecule has 0 aliphatic carbocycles. The third-order valence-corrected chi connectivity index (χ3v) is 7.25. The lowest BCUT2D eigenvalue weighted by atomic mass is 10.0. The number of hydrogen-bond acceptors (Lipinski definition) is 7. The number of nitrogens with one attached hydrogen (secondary N) is 1. The SMILES string of the molecule is Cc1c(Cl)sc2c(SCC(=O)NCC(C)(C)N3CCOCC3)ncnc12. The van der Waals surface area contributed by atoms with E-state index in [0.29, 0.717) is 12.3 Å². The molecule has 142 valence electrons. The number of nitrogens with zero attached hydrogens (tertiary/aromatic N) is 3. The van der Waals surface area contributed by atoms with Crippen molar-refractivity contribution < 1.29 is 9.53 Å². The molecule has 26 heavy (non-hydrogen) atoms. The normalized spacial score (nSPS) is 16.2. The Bertz CT molecular complexity index is 790. The Balaban J connectivity index is 1.55. The van der Waals surface area contributed by atoms with Crippen molar-refractivity contribution in [2.45, 2.75) is 31.3 Å². The zero-order valence-corrected chi connectivity index (χ0v) is 17.6. The number of aryl methyl sites for hydroxylation is 1. The maximum atomic E-state index is 12.3. The van der Waals surface area contributed by atoms with Crippen molar-refractivity contribution in [3.05, 3.63) is 16.2 Å². The van der Waals surface area contributed by atoms with Gasteiger partial charge >= 0.3 is 0 Å². The first-order chi connectivity index (χ1) is 12.4. The molecule has 0 saturated carbocycles. The van der Waals surface area contributed by atoms with Gasteiger partial charge in [-0.05, 0) is 20.8 Å². The average molecular weight is 415 g/mol. The van der Waals surface area contributed by atoms with Gasteiger partial charge in [0.25, 0.3) is 0 Å². The van der Waals surface area contributed by atoms with E-state index in [4.69, 9.17) is 16.3 Å². The van der Waals surface area contributed by atoms with E-state index in [0.717, 1.165) is 51.4 Å². The number of carbonyl (C=O) groups is 1. The summed E-state index contributed by atoms with van der Waals surface area (Å²) in [5, 5.41) is 3.85. The Labute approximate surface area is 166 Å². The third kappa shape index (κ3) is 4.48. The van der Waals surface area contributed by atoms with E-state index in [1.165, 1.54) is 29.4 Å². The van der Waals surface area contributed by atoms with Gasteiger partial charge in [0.15, 0.2) is 0 Å². The molecule has 1 aliphatic rings. The highest BCUT2D eigenvalue weighted by atomic mass is 35.5. The van der Waals surface area contributed by atoms with Gasteiger partial charge in [0.1, 0.15) is 11.4 Å². The monoisotopic (exact) mass is 414 g/mol. The molecule has 9 heteroatoms. The number of thiophene rings is 1. The van der Waals surface area contributed by atoms with Gasteiger partial charge < -0.3 is 10.1 Å². The summed E-state index contributed by atoms with van der Waals surface area (Å²) in [7, 11) is 0. The number of thioether (sulfide) groups is 1. The highest BCUT2D eigenvalue weighted by Gasteiger charge is 2.28. The second-order valence-electron chi connectivity index (χ2n) is 6.83. The van der Waals surface area contributed by atoms with Crippen LogP contribution in [0.1, 0.15) is 19.4 Å². The zero-order valence-electron chi connectivity index (χ0n) is 15.2. The fourth-order valence-corrected chi connectivity index (χ4v) is 5.07. The van der Waals surface area contributed by atoms with Crippen LogP contribution in [-0.2, 0) is 9.53 Å². The summed E-state index contributed by atoms with van der Waals surface area (Å²) >= 11 is 9.09. The van der Waals surface area contributed by atoms with E-state index in [1.54, 1.807) is 0 Å². The number of fused-ring (bicyclic) bond motifs is 1. The molecule has 2 aromatic rings. The summed E-state index contributed by atoms with van der Waals surface area (Å²) in [6.45, 7) is 10.1. The van der Waals surface area contributed by atoms with E-state index < -0.39 is 0 Å². The Hall–Kier alpha value is -0.930. The van der Waals surface area contributed by atoms with Crippen LogP contribution in [0, 0.1) is 6.92 Å². The number of amides is 1. The molecule has 1 amide bonds. The smallest absolute Gasteiger partial charge is 0.230 e. The average Bonchev–Trinajstić information content (AvgIpc) is 2.94. The molecule has 3 rings (SSSR count). The third-order valence-electron chi connectivity index (χ3n) is 4.54. The van der Waals surface area contributed by atoms with E-state index in [-0.39, 0.29) is 11.4 Å². The van der Waals surface area contributed by atoms with Crippen molar-refractivity contribution >= 4 is 50.8 Å². The largest absolute Gasteiger partial charge is 0.379 e. The van der Waals surface area contributed by atoms with E-state index in [1.807, 2.05) is 6.92 Å². The number of ether oxygens (including phenoxy) is 1. The van der Waals surface area contributed by atoms with Crippen LogP contribution in [0.2, 0.25) is 4.34 Å². The topological polar surface area (TPSA) is 67.4 Å². The maximum Gasteiger partial charge on any atom is 0.230 e. The highest BCUT2D eigenvalue weighted by Crippen LogP contribution is 2.37. The molecule has 1 saturated heterocycles. The van der Waals surface area contributed by atoms with Crippen molar-refractivity contribution in [3.63, 3.8) is 0 Å². The van der Waals surface area contributed by atoms with Crippen molar-refractivity contribution in [1.82, 2.24) is 20.2 Å². The molecule has 0 radical (unpaired) electrons. The molecule has 0 bridgehead atoms. The fraction of sp³-hybridized carbons (Fsp3) is 0.588. The van der Waals surface area contributed by atoms with Crippen molar-refractivity contribution in [3.8, 4) is 0 Å². The number of rotatable bonds is 6. The van der Waals surface area contributed by atoms with Gasteiger partial charge in [-0.25, -0.2) is 9.97 Å². The van der Waals surface area contributed by atoms with E-state index >= 15 is 0 Å². The molecular formula is C17H23ClN4O2S2. The highest BCUT2D eigenvalue weighted by molar-refractivity contribution is 8.00. The van der Waals surface area contributed by atoms with Crippen LogP contribution in [0.15, 0.2) is 11.4 Å². The molecule has 2 aromatic heterocycles. The minimum absolute atomic E-state index is 0.00229. The molecule has 1 fully saturated rings. The maximum absolute atomic E-state index is 12.3. The van der Waals surface area contributed by atoms with Crippen LogP contribution in [0.5, 0.6) is 0 Å². The number of carbonyl (C=O) groups excluding carboxylic acids is 1. The van der Waals surface area contributed by atoms with Crippen LogP contribution in [0.25, 0.3) is 10.2 Å². The summed E-state index contributed by atoms with van der Waals surface area (Å²) < 4.78 is 7.07. The quantitative estimate of drug-likeness (QED) is 0.579. The summed E-state index contributed by atoms with van der Waals surface area (Å²) in [4.78, 5) is 23.3. The zero-order chi connectivity index (χ0) is 18.7. The lowest BCUT2D eigenvalue weighted by Gasteiger charge is -2.40. The summed E-state index contributed by atoms with van der Waals surface area (Å²) in [5.41, 5.74) is 1.74. The van der Waals surface area contributed by atoms with E-state index in [9.17, 15) is 4.79 Å². The Morgan fingerprint density at radius 3 is 2.88 bits per heavy atom. The molecule has 6 nitrogen and oxygen atoms in total. The molecule has 0 unspecified atom stereocenters. The van der Waals surface area contributed by atoms with Crippen LogP contribution < -0.4 is 5.32 Å². The first kappa shape index (κ1) is 19.8. The summed E-state index contributed by atoms with van der Waals surface area (Å²) in [5.74, 6) is 0.322. The van der Waals surface area contributed by atoms with Gasteiger partial charge in [-0.2, -0.15) is 0 Å². The van der Waals surface area contributed by atoms with Crippen LogP contribution in [0.3, 0.4) is 0 Å². The Morgan fingerprint density at radius 1 is 1.42 bits per heavy atom. The first-order valence-corrected chi connectivity index (χ1v) is 10.7. The van der Waals surface area contributed by atoms with Crippen molar-refractivity contribution in [2.75, 3.05) is 38.6 Å². The summed E-state index contributed by atoms with van der Waals surface area (Å²) in [6.07, 6.45) is 1.53. The molecule has 1 N–H and O–H groups in total. The van der Waals surface area contributed by atoms with Gasteiger partial charge in [0.05, 0.1) is 33.5 Å². The van der Waals surface area contributed by atoms with Gasteiger partial charge in [0, 0.05) is 30.7 Å². The number of morpholine rings is 1. The van der Waals surface area contributed by atoms with Crippen LogP contribution >= 0.6 is 34.7 Å². The molecule has 0 spiro atoms. The van der Waals surface area contributed by atoms with Crippen molar-refractivity contribution in [2.24, 2.45) is 0 Å². The van der Waals surface area contributed by atoms with Gasteiger partial charge in [-0.15, -0.1) is 11.3 Å². The van der Waals surface area contributed by atoms with Gasteiger partial charge in [0.2, 0.25) is 5.91 Å². The van der Waals surface area contributed by atoms with Crippen LogP contribution in [0.4, 0.5) is 0 Å². The van der Waals surface area contributed by atoms with E-state index in [2.05, 4.69) is 34.0 Å². The van der Waals surface area contributed by atoms with Gasteiger partial charge in [-0.3, -0.25) is 9.69 Å². The predicted octanol–water partition coefficient (Wildman–Crippen LogP) is 2.97. The minimum atomic E-state index is -0.0926. The van der Waals surface area contributed by atoms with Crippen molar-refractivity contribution in [1.29, 1.82) is 0 Å². The Kier molecular flexibility index (Phi) is 6.40. The fourth-order valence-electron chi connectivity index (χ4n) is 2.86. The molecule has 3 heterocycles. The van der Waals surface area contributed by atoms with Crippen LogP contribution in [-0.4, -0.2) is 64.9 Å². The Morgan fingerprint density at radius 2 is 2.15 bits per heavy atom. The lowest BCUT2D eigenvalue weighted by Crippen LogP contribution is -2.55. The number of aromatic nitrogens is 2. The number of hydrogen-bond donors (Lipinski definition) is 1. The number of halogens is 1. The van der Waals surface area contributed by atoms with Gasteiger partial charge in [-0.1, -0.05) is 23.4 Å². The standard InChI is InChI=1S/C17H23ClN4O2S2/c1-11-13-14(26-15(11)18)16(21-10-20-13)25-8-12(23)19-9-17(2,3)22-4-6-24-7-5-22/h10H,4-9H2,1-3H3,(H,19,23). The second-order valence-corrected chi connectivity index (χ2v) is 9.42. The second kappa shape index (κ2) is 8.39. The molecule has 0 atom stereocenters. The minimum Gasteiger partial charge on any atom is -0.379 e. The molecular weight excluding hydrogens is 392 g/mol.